The second kappa shape index (κ2) is 9.84. The summed E-state index contributed by atoms with van der Waals surface area (Å²) in [7, 11) is 0. The van der Waals surface area contributed by atoms with Crippen LogP contribution in [-0.4, -0.2) is 60.8 Å². The van der Waals surface area contributed by atoms with Crippen molar-refractivity contribution in [3.05, 3.63) is 60.2 Å². The molecule has 2 aliphatic rings. The fraction of sp³-hybridized carbons (Fsp3) is 0.462. The Bertz CT molecular complexity index is 940. The van der Waals surface area contributed by atoms with E-state index in [4.69, 9.17) is 9.47 Å². The predicted molar refractivity (Wildman–Crippen MR) is 123 cm³/mol. The number of carbonyl (C=O) groups excluding carboxylic acids is 2. The SMILES string of the molecule is CC(C)NC(=O)[C@@]1(Cc2cccc(-c3ccccc3)c2)CN(C(=O)[C@H]2CCCO2)CCO1. The van der Waals surface area contributed by atoms with Gasteiger partial charge in [0.25, 0.3) is 11.8 Å². The first-order valence-electron chi connectivity index (χ1n) is 11.5. The van der Waals surface area contributed by atoms with Crippen LogP contribution in [0.15, 0.2) is 54.6 Å². The van der Waals surface area contributed by atoms with Crippen LogP contribution in [0.3, 0.4) is 0 Å². The van der Waals surface area contributed by atoms with Gasteiger partial charge in [-0.1, -0.05) is 54.6 Å². The molecular formula is C26H32N2O4. The van der Waals surface area contributed by atoms with Crippen LogP contribution < -0.4 is 5.32 Å². The van der Waals surface area contributed by atoms with E-state index in [9.17, 15) is 9.59 Å². The Hall–Kier alpha value is -2.70. The number of nitrogens with zero attached hydrogens (tertiary/aromatic N) is 1. The summed E-state index contributed by atoms with van der Waals surface area (Å²) in [6.07, 6.45) is 1.62. The zero-order valence-corrected chi connectivity index (χ0v) is 18.9. The number of hydrogen-bond donors (Lipinski definition) is 1. The number of ether oxygens (including phenoxy) is 2. The number of rotatable bonds is 6. The van der Waals surface area contributed by atoms with Gasteiger partial charge in [0.05, 0.1) is 13.2 Å². The van der Waals surface area contributed by atoms with Crippen LogP contribution in [0.4, 0.5) is 0 Å². The van der Waals surface area contributed by atoms with Gasteiger partial charge in [-0.15, -0.1) is 0 Å². The molecule has 2 atom stereocenters. The van der Waals surface area contributed by atoms with Crippen LogP contribution in [0.5, 0.6) is 0 Å². The van der Waals surface area contributed by atoms with Crippen LogP contribution in [0.25, 0.3) is 11.1 Å². The molecule has 170 valence electrons. The quantitative estimate of drug-likeness (QED) is 0.755. The van der Waals surface area contributed by atoms with Gasteiger partial charge in [-0.05, 0) is 43.4 Å². The maximum atomic E-state index is 13.4. The van der Waals surface area contributed by atoms with Crippen molar-refractivity contribution in [3.8, 4) is 11.1 Å². The molecule has 1 N–H and O–H groups in total. The summed E-state index contributed by atoms with van der Waals surface area (Å²) in [5.41, 5.74) is 2.07. The van der Waals surface area contributed by atoms with Crippen molar-refractivity contribution >= 4 is 11.8 Å². The molecule has 2 aromatic carbocycles. The van der Waals surface area contributed by atoms with E-state index in [-0.39, 0.29) is 24.4 Å². The van der Waals surface area contributed by atoms with E-state index >= 15 is 0 Å². The maximum absolute atomic E-state index is 13.4. The van der Waals surface area contributed by atoms with E-state index in [1.54, 1.807) is 4.90 Å². The van der Waals surface area contributed by atoms with E-state index in [1.807, 2.05) is 44.2 Å². The molecule has 32 heavy (non-hydrogen) atoms. The molecule has 2 aliphatic heterocycles. The molecule has 0 radical (unpaired) electrons. The smallest absolute Gasteiger partial charge is 0.254 e. The number of carbonyl (C=O) groups is 2. The standard InChI is InChI=1S/C26H32N2O4/c1-19(2)27-25(30)26(18-28(13-15-32-26)24(29)23-12-7-14-31-23)17-20-8-6-11-22(16-20)21-9-4-3-5-10-21/h3-6,8-11,16,19,23H,7,12-15,17-18H2,1-2H3,(H,27,30)/t23-,26-/m1/s1. The predicted octanol–water partition coefficient (Wildman–Crippen LogP) is 3.20. The van der Waals surface area contributed by atoms with Gasteiger partial charge in [-0.25, -0.2) is 0 Å². The third-order valence-corrected chi connectivity index (χ3v) is 6.06. The Kier molecular flexibility index (Phi) is 6.92. The summed E-state index contributed by atoms with van der Waals surface area (Å²) in [5, 5.41) is 3.02. The summed E-state index contributed by atoms with van der Waals surface area (Å²) in [6, 6.07) is 18.3. The van der Waals surface area contributed by atoms with Gasteiger partial charge in [-0.3, -0.25) is 9.59 Å². The molecule has 2 heterocycles. The molecule has 2 aromatic rings. The molecule has 0 spiro atoms. The van der Waals surface area contributed by atoms with Gasteiger partial charge in [0.1, 0.15) is 6.10 Å². The first kappa shape index (κ1) is 22.5. The highest BCUT2D eigenvalue weighted by molar-refractivity contribution is 5.88. The summed E-state index contributed by atoms with van der Waals surface area (Å²) in [4.78, 5) is 28.2. The number of morpholine rings is 1. The van der Waals surface area contributed by atoms with Crippen LogP contribution in [-0.2, 0) is 25.5 Å². The second-order valence-corrected chi connectivity index (χ2v) is 8.98. The molecule has 6 nitrogen and oxygen atoms in total. The Morgan fingerprint density at radius 2 is 1.88 bits per heavy atom. The maximum Gasteiger partial charge on any atom is 0.254 e. The van der Waals surface area contributed by atoms with Crippen LogP contribution >= 0.6 is 0 Å². The Morgan fingerprint density at radius 3 is 2.59 bits per heavy atom. The van der Waals surface area contributed by atoms with Crippen LogP contribution in [0, 0.1) is 0 Å². The molecule has 2 fully saturated rings. The van der Waals surface area contributed by atoms with E-state index < -0.39 is 11.7 Å². The van der Waals surface area contributed by atoms with Gasteiger partial charge in [0.15, 0.2) is 5.60 Å². The Morgan fingerprint density at radius 1 is 1.09 bits per heavy atom. The lowest BCUT2D eigenvalue weighted by Gasteiger charge is -2.42. The van der Waals surface area contributed by atoms with E-state index in [0.29, 0.717) is 26.2 Å². The lowest BCUT2D eigenvalue weighted by molar-refractivity contribution is -0.170. The fourth-order valence-corrected chi connectivity index (χ4v) is 4.49. The highest BCUT2D eigenvalue weighted by atomic mass is 16.5. The molecule has 0 aliphatic carbocycles. The summed E-state index contributed by atoms with van der Waals surface area (Å²) >= 11 is 0. The van der Waals surface area contributed by atoms with Crippen molar-refractivity contribution in [2.45, 2.75) is 50.9 Å². The van der Waals surface area contributed by atoms with Crippen molar-refractivity contribution in [2.24, 2.45) is 0 Å². The molecule has 2 saturated heterocycles. The summed E-state index contributed by atoms with van der Waals surface area (Å²) < 4.78 is 11.8. The molecule has 6 heteroatoms. The van der Waals surface area contributed by atoms with Crippen LogP contribution in [0.2, 0.25) is 0 Å². The minimum Gasteiger partial charge on any atom is -0.368 e. The lowest BCUT2D eigenvalue weighted by atomic mass is 9.89. The third-order valence-electron chi connectivity index (χ3n) is 6.06. The topological polar surface area (TPSA) is 67.9 Å². The van der Waals surface area contributed by atoms with E-state index in [0.717, 1.165) is 29.5 Å². The van der Waals surface area contributed by atoms with Crippen molar-refractivity contribution < 1.29 is 19.1 Å². The minimum atomic E-state index is -1.13. The van der Waals surface area contributed by atoms with Crippen molar-refractivity contribution in [1.29, 1.82) is 0 Å². The van der Waals surface area contributed by atoms with Gasteiger partial charge in [-0.2, -0.15) is 0 Å². The molecule has 0 aromatic heterocycles. The summed E-state index contributed by atoms with van der Waals surface area (Å²) in [6.45, 7) is 5.49. The zero-order valence-electron chi connectivity index (χ0n) is 18.9. The van der Waals surface area contributed by atoms with Gasteiger partial charge in [0.2, 0.25) is 0 Å². The fourth-order valence-electron chi connectivity index (χ4n) is 4.49. The number of amides is 2. The molecule has 0 unspecified atom stereocenters. The normalized spacial score (nSPS) is 23.3. The van der Waals surface area contributed by atoms with Crippen molar-refractivity contribution in [1.82, 2.24) is 10.2 Å². The molecule has 0 saturated carbocycles. The lowest BCUT2D eigenvalue weighted by Crippen LogP contribution is -2.63. The number of hydrogen-bond acceptors (Lipinski definition) is 4. The number of nitrogens with one attached hydrogen (secondary N) is 1. The molecule has 2 amide bonds. The highest BCUT2D eigenvalue weighted by Gasteiger charge is 2.46. The second-order valence-electron chi connectivity index (χ2n) is 8.98. The van der Waals surface area contributed by atoms with Gasteiger partial charge >= 0.3 is 0 Å². The first-order chi connectivity index (χ1) is 15.5. The third kappa shape index (κ3) is 5.03. The Balaban J connectivity index is 1.60. The van der Waals surface area contributed by atoms with Crippen molar-refractivity contribution in [3.63, 3.8) is 0 Å². The van der Waals surface area contributed by atoms with Gasteiger partial charge in [0, 0.05) is 25.6 Å². The molecular weight excluding hydrogens is 404 g/mol. The first-order valence-corrected chi connectivity index (χ1v) is 11.5. The average molecular weight is 437 g/mol. The summed E-state index contributed by atoms with van der Waals surface area (Å²) in [5.74, 6) is -0.215. The molecule has 4 rings (SSSR count). The van der Waals surface area contributed by atoms with E-state index in [1.165, 1.54) is 0 Å². The monoisotopic (exact) mass is 436 g/mol. The largest absolute Gasteiger partial charge is 0.368 e. The van der Waals surface area contributed by atoms with E-state index in [2.05, 4.69) is 29.6 Å². The van der Waals surface area contributed by atoms with Gasteiger partial charge < -0.3 is 19.7 Å². The molecule has 0 bridgehead atoms. The highest BCUT2D eigenvalue weighted by Crippen LogP contribution is 2.28. The Labute approximate surface area is 189 Å². The number of benzene rings is 2. The minimum absolute atomic E-state index is 0.0251. The zero-order chi connectivity index (χ0) is 22.6. The van der Waals surface area contributed by atoms with Crippen LogP contribution in [0.1, 0.15) is 32.3 Å². The van der Waals surface area contributed by atoms with Crippen molar-refractivity contribution in [2.75, 3.05) is 26.3 Å². The average Bonchev–Trinajstić information content (AvgIpc) is 3.34.